The van der Waals surface area contributed by atoms with Crippen molar-refractivity contribution >= 4 is 33.3 Å². The number of nitrogens with zero attached hydrogens (tertiary/aromatic N) is 3. The summed E-state index contributed by atoms with van der Waals surface area (Å²) in [4.78, 5) is 24.0. The van der Waals surface area contributed by atoms with Gasteiger partial charge in [0.2, 0.25) is 5.88 Å². The Hall–Kier alpha value is -3.20. The first kappa shape index (κ1) is 16.7. The third-order valence-electron chi connectivity index (χ3n) is 3.10. The molecule has 0 aliphatic heterocycles. The highest BCUT2D eigenvalue weighted by Crippen LogP contribution is 2.28. The first-order valence-electron chi connectivity index (χ1n) is 7.14. The molecule has 0 aliphatic carbocycles. The number of anilines is 2. The van der Waals surface area contributed by atoms with Gasteiger partial charge in [0.1, 0.15) is 17.8 Å². The van der Waals surface area contributed by atoms with Crippen LogP contribution in [-0.4, -0.2) is 20.9 Å². The van der Waals surface area contributed by atoms with E-state index in [-0.39, 0.29) is 23.3 Å². The molecule has 9 heteroatoms. The maximum Gasteiger partial charge on any atom is 0.269 e. The van der Waals surface area contributed by atoms with Crippen LogP contribution in [0.15, 0.2) is 59.6 Å². The standard InChI is InChI=1S/C16H13BrN6O2/c17-11-5-3-10(4-6-11)15(24)23-22-14-13(18)16(21-9-20-14)25-12-2-1-7-19-8-12/h1-9H,18H2,(H,23,24)(H,20,21,22). The van der Waals surface area contributed by atoms with Gasteiger partial charge in [-0.15, -0.1) is 0 Å². The number of amides is 1. The van der Waals surface area contributed by atoms with Crippen LogP contribution in [0, 0.1) is 0 Å². The summed E-state index contributed by atoms with van der Waals surface area (Å²) in [7, 11) is 0. The normalized spacial score (nSPS) is 10.1. The fourth-order valence-electron chi connectivity index (χ4n) is 1.87. The number of nitrogens with one attached hydrogen (secondary N) is 2. The Kier molecular flexibility index (Phi) is 5.05. The van der Waals surface area contributed by atoms with Gasteiger partial charge in [0, 0.05) is 16.2 Å². The summed E-state index contributed by atoms with van der Waals surface area (Å²) in [6.45, 7) is 0. The number of carbonyl (C=O) groups is 1. The number of benzene rings is 1. The Bertz CT molecular complexity index is 874. The minimum Gasteiger partial charge on any atom is -0.435 e. The lowest BCUT2D eigenvalue weighted by molar-refractivity contribution is 0.0962. The first-order chi connectivity index (χ1) is 12.1. The maximum absolute atomic E-state index is 12.1. The number of carbonyl (C=O) groups excluding carboxylic acids is 1. The lowest BCUT2D eigenvalue weighted by atomic mass is 10.2. The second-order valence-electron chi connectivity index (χ2n) is 4.82. The second-order valence-corrected chi connectivity index (χ2v) is 5.73. The summed E-state index contributed by atoms with van der Waals surface area (Å²) in [5.41, 5.74) is 11.8. The van der Waals surface area contributed by atoms with Crippen molar-refractivity contribution in [3.63, 3.8) is 0 Å². The summed E-state index contributed by atoms with van der Waals surface area (Å²) in [5, 5.41) is 0. The van der Waals surface area contributed by atoms with Gasteiger partial charge in [-0.1, -0.05) is 15.9 Å². The fraction of sp³-hybridized carbons (Fsp3) is 0. The summed E-state index contributed by atoms with van der Waals surface area (Å²) >= 11 is 3.32. The van der Waals surface area contributed by atoms with E-state index in [9.17, 15) is 4.79 Å². The van der Waals surface area contributed by atoms with Gasteiger partial charge < -0.3 is 10.5 Å². The van der Waals surface area contributed by atoms with Crippen molar-refractivity contribution in [3.05, 3.63) is 65.2 Å². The van der Waals surface area contributed by atoms with Crippen LogP contribution >= 0.6 is 15.9 Å². The maximum atomic E-state index is 12.1. The number of nitrogens with two attached hydrogens (primary N) is 1. The Morgan fingerprint density at radius 1 is 1.16 bits per heavy atom. The van der Waals surface area contributed by atoms with Crippen LogP contribution < -0.4 is 21.3 Å². The summed E-state index contributed by atoms with van der Waals surface area (Å²) in [6.07, 6.45) is 4.43. The van der Waals surface area contributed by atoms with Gasteiger partial charge in [0.15, 0.2) is 5.82 Å². The summed E-state index contributed by atoms with van der Waals surface area (Å²) in [5.74, 6) is 0.528. The molecule has 1 amide bonds. The molecule has 4 N–H and O–H groups in total. The highest BCUT2D eigenvalue weighted by Gasteiger charge is 2.12. The number of nitrogen functional groups attached to an aromatic ring is 1. The van der Waals surface area contributed by atoms with E-state index >= 15 is 0 Å². The van der Waals surface area contributed by atoms with E-state index in [1.54, 1.807) is 42.6 Å². The molecule has 2 heterocycles. The molecule has 126 valence electrons. The molecule has 0 spiro atoms. The number of hydrazine groups is 1. The predicted octanol–water partition coefficient (Wildman–Crippen LogP) is 2.77. The Balaban J connectivity index is 1.69. The number of hydrogen-bond acceptors (Lipinski definition) is 7. The minimum absolute atomic E-state index is 0.155. The molecule has 2 aromatic heterocycles. The van der Waals surface area contributed by atoms with Crippen LogP contribution in [0.5, 0.6) is 11.6 Å². The quantitative estimate of drug-likeness (QED) is 0.563. The molecule has 0 radical (unpaired) electrons. The van der Waals surface area contributed by atoms with Crippen LogP contribution in [0.25, 0.3) is 0 Å². The average molecular weight is 401 g/mol. The Labute approximate surface area is 151 Å². The van der Waals surface area contributed by atoms with Crippen LogP contribution in [0.3, 0.4) is 0 Å². The van der Waals surface area contributed by atoms with Crippen molar-refractivity contribution in [2.75, 3.05) is 11.2 Å². The second kappa shape index (κ2) is 7.58. The van der Waals surface area contributed by atoms with E-state index in [1.165, 1.54) is 12.5 Å². The molecule has 3 rings (SSSR count). The third kappa shape index (κ3) is 4.21. The monoisotopic (exact) mass is 400 g/mol. The largest absolute Gasteiger partial charge is 0.435 e. The number of ether oxygens (including phenoxy) is 1. The zero-order valence-corrected chi connectivity index (χ0v) is 14.4. The van der Waals surface area contributed by atoms with E-state index in [2.05, 4.69) is 41.7 Å². The SMILES string of the molecule is Nc1c(NNC(=O)c2ccc(Br)cc2)ncnc1Oc1cccnc1. The summed E-state index contributed by atoms with van der Waals surface area (Å²) in [6, 6.07) is 10.4. The molecule has 8 nitrogen and oxygen atoms in total. The van der Waals surface area contributed by atoms with E-state index < -0.39 is 0 Å². The van der Waals surface area contributed by atoms with E-state index in [0.717, 1.165) is 4.47 Å². The zero-order chi connectivity index (χ0) is 17.6. The molecular formula is C16H13BrN6O2. The van der Waals surface area contributed by atoms with E-state index in [1.807, 2.05) is 0 Å². The molecule has 25 heavy (non-hydrogen) atoms. The van der Waals surface area contributed by atoms with Crippen LogP contribution in [0.1, 0.15) is 10.4 Å². The molecular weight excluding hydrogens is 388 g/mol. The Morgan fingerprint density at radius 3 is 2.68 bits per heavy atom. The van der Waals surface area contributed by atoms with Gasteiger partial charge in [0.25, 0.3) is 5.91 Å². The smallest absolute Gasteiger partial charge is 0.269 e. The number of hydrogen-bond donors (Lipinski definition) is 3. The number of halogens is 1. The van der Waals surface area contributed by atoms with Gasteiger partial charge in [-0.2, -0.15) is 4.98 Å². The highest BCUT2D eigenvalue weighted by atomic mass is 79.9. The van der Waals surface area contributed by atoms with Crippen molar-refractivity contribution in [1.29, 1.82) is 0 Å². The zero-order valence-electron chi connectivity index (χ0n) is 12.8. The van der Waals surface area contributed by atoms with Gasteiger partial charge in [-0.25, -0.2) is 4.98 Å². The van der Waals surface area contributed by atoms with E-state index in [4.69, 9.17) is 10.5 Å². The van der Waals surface area contributed by atoms with Gasteiger partial charge in [0.05, 0.1) is 6.20 Å². The average Bonchev–Trinajstić information content (AvgIpc) is 2.63. The molecule has 0 saturated carbocycles. The lowest BCUT2D eigenvalue weighted by Gasteiger charge is -2.12. The number of aromatic nitrogens is 3. The minimum atomic E-state index is -0.333. The molecule has 0 aliphatic rings. The molecule has 0 fully saturated rings. The fourth-order valence-corrected chi connectivity index (χ4v) is 2.13. The highest BCUT2D eigenvalue weighted by molar-refractivity contribution is 9.10. The third-order valence-corrected chi connectivity index (χ3v) is 3.63. The number of rotatable bonds is 5. The molecule has 0 atom stereocenters. The Morgan fingerprint density at radius 2 is 1.96 bits per heavy atom. The van der Waals surface area contributed by atoms with Crippen molar-refractivity contribution < 1.29 is 9.53 Å². The summed E-state index contributed by atoms with van der Waals surface area (Å²) < 4.78 is 6.44. The predicted molar refractivity (Wildman–Crippen MR) is 96.0 cm³/mol. The molecule has 1 aromatic carbocycles. The van der Waals surface area contributed by atoms with Crippen molar-refractivity contribution in [2.24, 2.45) is 0 Å². The lowest BCUT2D eigenvalue weighted by Crippen LogP contribution is -2.30. The topological polar surface area (TPSA) is 115 Å². The molecule has 0 unspecified atom stereocenters. The van der Waals surface area contributed by atoms with Gasteiger partial charge >= 0.3 is 0 Å². The van der Waals surface area contributed by atoms with Gasteiger partial charge in [-0.3, -0.25) is 20.6 Å². The van der Waals surface area contributed by atoms with Crippen molar-refractivity contribution in [3.8, 4) is 11.6 Å². The first-order valence-corrected chi connectivity index (χ1v) is 7.93. The molecule has 3 aromatic rings. The molecule has 0 saturated heterocycles. The van der Waals surface area contributed by atoms with Crippen LogP contribution in [-0.2, 0) is 0 Å². The van der Waals surface area contributed by atoms with Gasteiger partial charge in [-0.05, 0) is 36.4 Å². The number of pyridine rings is 1. The molecule has 0 bridgehead atoms. The van der Waals surface area contributed by atoms with Crippen molar-refractivity contribution in [2.45, 2.75) is 0 Å². The van der Waals surface area contributed by atoms with Crippen LogP contribution in [0.2, 0.25) is 0 Å². The van der Waals surface area contributed by atoms with Crippen LogP contribution in [0.4, 0.5) is 11.5 Å². The van der Waals surface area contributed by atoms with E-state index in [0.29, 0.717) is 11.3 Å². The van der Waals surface area contributed by atoms with Crippen molar-refractivity contribution in [1.82, 2.24) is 20.4 Å².